The molecule has 0 aromatic heterocycles. The molecule has 0 bridgehead atoms. The maximum absolute atomic E-state index is 13.6. The highest BCUT2D eigenvalue weighted by molar-refractivity contribution is 6.31. The second-order valence-electron chi connectivity index (χ2n) is 8.63. The average Bonchev–Trinajstić information content (AvgIpc) is 3.16. The summed E-state index contributed by atoms with van der Waals surface area (Å²) < 4.78 is 0. The molecule has 3 aliphatic heterocycles. The van der Waals surface area contributed by atoms with E-state index in [0.717, 1.165) is 24.3 Å². The third-order valence-electron chi connectivity index (χ3n) is 6.46. The van der Waals surface area contributed by atoms with E-state index in [2.05, 4.69) is 34.2 Å². The van der Waals surface area contributed by atoms with Crippen LogP contribution in [0.3, 0.4) is 0 Å². The largest absolute Gasteiger partial charge is 0.343 e. The number of para-hydroxylation sites is 1. The van der Waals surface area contributed by atoms with E-state index in [1.807, 2.05) is 36.4 Å². The number of nitrogens with one attached hydrogen (secondary N) is 1. The first-order valence-electron chi connectivity index (χ1n) is 10.6. The van der Waals surface area contributed by atoms with E-state index in [1.54, 1.807) is 18.0 Å². The second kappa shape index (κ2) is 7.82. The van der Waals surface area contributed by atoms with Crippen LogP contribution in [0.5, 0.6) is 0 Å². The zero-order valence-electron chi connectivity index (χ0n) is 17.6. The Morgan fingerprint density at radius 1 is 1.03 bits per heavy atom. The number of benzene rings is 2. The lowest BCUT2D eigenvalue weighted by atomic mass is 10.0. The van der Waals surface area contributed by atoms with Gasteiger partial charge >= 0.3 is 6.03 Å². The van der Waals surface area contributed by atoms with Crippen molar-refractivity contribution in [3.05, 3.63) is 65.2 Å². The zero-order chi connectivity index (χ0) is 21.7. The molecule has 0 aliphatic carbocycles. The summed E-state index contributed by atoms with van der Waals surface area (Å²) in [7, 11) is 1.76. The highest BCUT2D eigenvalue weighted by atomic mass is 35.5. The fourth-order valence-corrected chi connectivity index (χ4v) is 5.18. The Labute approximate surface area is 187 Å². The number of amides is 3. The number of hydrogen-bond donors (Lipinski definition) is 1. The van der Waals surface area contributed by atoms with Crippen molar-refractivity contribution in [3.63, 3.8) is 0 Å². The monoisotopic (exact) mass is 439 g/mol. The van der Waals surface area contributed by atoms with Crippen molar-refractivity contribution in [3.8, 4) is 0 Å². The first-order valence-corrected chi connectivity index (χ1v) is 11.0. The summed E-state index contributed by atoms with van der Waals surface area (Å²) in [5.74, 6) is 0.204. The van der Waals surface area contributed by atoms with E-state index in [1.165, 1.54) is 4.90 Å². The quantitative estimate of drug-likeness (QED) is 0.797. The van der Waals surface area contributed by atoms with Crippen LogP contribution in [-0.4, -0.2) is 65.3 Å². The molecule has 2 aromatic rings. The number of rotatable bonds is 3. The SMILES string of the molecule is CC1CN(c2ccccc2)C2NC3C(C(=O)N(Cc4ccccc4Cl)C(=O)N3C)N2C1. The van der Waals surface area contributed by atoms with Crippen LogP contribution < -0.4 is 10.2 Å². The Kier molecular flexibility index (Phi) is 5.12. The van der Waals surface area contributed by atoms with Gasteiger partial charge in [-0.25, -0.2) is 4.79 Å². The molecule has 7 nitrogen and oxygen atoms in total. The number of hydrogen-bond acceptors (Lipinski definition) is 5. The number of imide groups is 1. The van der Waals surface area contributed by atoms with Gasteiger partial charge in [-0.2, -0.15) is 0 Å². The van der Waals surface area contributed by atoms with Crippen molar-refractivity contribution < 1.29 is 9.59 Å². The van der Waals surface area contributed by atoms with Gasteiger partial charge in [-0.15, -0.1) is 0 Å². The van der Waals surface area contributed by atoms with Crippen molar-refractivity contribution in [1.82, 2.24) is 20.0 Å². The Bertz CT molecular complexity index is 1000. The lowest BCUT2D eigenvalue weighted by molar-refractivity contribution is -0.139. The van der Waals surface area contributed by atoms with Gasteiger partial charge in [0.05, 0.1) is 6.54 Å². The Balaban J connectivity index is 1.47. The van der Waals surface area contributed by atoms with Crippen LogP contribution in [0.2, 0.25) is 5.02 Å². The van der Waals surface area contributed by atoms with Gasteiger partial charge in [0.2, 0.25) is 0 Å². The standard InChI is InChI=1S/C23H26ClN5O2/c1-15-12-27(17-9-4-3-5-10-17)22-25-20-19(28(22)13-15)21(30)29(23(31)26(20)2)14-16-8-6-7-11-18(16)24/h3-11,15,19-20,22,25H,12-14H2,1-2H3. The molecule has 3 fully saturated rings. The number of carbonyl (C=O) groups excluding carboxylic acids is 2. The highest BCUT2D eigenvalue weighted by Crippen LogP contribution is 2.35. The first kappa shape index (κ1) is 20.3. The smallest absolute Gasteiger partial charge is 0.328 e. The van der Waals surface area contributed by atoms with Crippen molar-refractivity contribution in [2.75, 3.05) is 25.0 Å². The third-order valence-corrected chi connectivity index (χ3v) is 6.83. The fourth-order valence-electron chi connectivity index (χ4n) is 4.98. The van der Waals surface area contributed by atoms with Crippen LogP contribution in [0.15, 0.2) is 54.6 Å². The molecule has 0 spiro atoms. The lowest BCUT2D eigenvalue weighted by Crippen LogP contribution is -2.66. The average molecular weight is 440 g/mol. The maximum atomic E-state index is 13.6. The van der Waals surface area contributed by atoms with Crippen molar-refractivity contribution in [2.24, 2.45) is 5.92 Å². The Hall–Kier alpha value is -2.61. The molecule has 3 saturated heterocycles. The normalized spacial score (nSPS) is 28.7. The number of anilines is 1. The van der Waals surface area contributed by atoms with Gasteiger partial charge < -0.3 is 9.80 Å². The minimum absolute atomic E-state index is 0.145. The van der Waals surface area contributed by atoms with Crippen molar-refractivity contribution in [1.29, 1.82) is 0 Å². The summed E-state index contributed by atoms with van der Waals surface area (Å²) in [5, 5.41) is 4.11. The molecule has 31 heavy (non-hydrogen) atoms. The molecule has 1 N–H and O–H groups in total. The molecule has 162 valence electrons. The first-order chi connectivity index (χ1) is 15.0. The predicted octanol–water partition coefficient (Wildman–Crippen LogP) is 2.77. The van der Waals surface area contributed by atoms with Crippen LogP contribution in [0.25, 0.3) is 0 Å². The molecule has 3 amide bonds. The Morgan fingerprint density at radius 3 is 2.48 bits per heavy atom. The van der Waals surface area contributed by atoms with Crippen molar-refractivity contribution in [2.45, 2.75) is 32.0 Å². The van der Waals surface area contributed by atoms with Crippen molar-refractivity contribution >= 4 is 29.2 Å². The summed E-state index contributed by atoms with van der Waals surface area (Å²) in [4.78, 5) is 34.2. The number of nitrogens with zero attached hydrogens (tertiary/aromatic N) is 4. The van der Waals surface area contributed by atoms with E-state index in [-0.39, 0.29) is 30.9 Å². The van der Waals surface area contributed by atoms with E-state index >= 15 is 0 Å². The van der Waals surface area contributed by atoms with Crippen LogP contribution in [0.4, 0.5) is 10.5 Å². The van der Waals surface area contributed by atoms with Gasteiger partial charge in [0.15, 0.2) is 0 Å². The number of carbonyl (C=O) groups is 2. The topological polar surface area (TPSA) is 59.1 Å². The van der Waals surface area contributed by atoms with Crippen LogP contribution in [-0.2, 0) is 11.3 Å². The molecule has 3 heterocycles. The van der Waals surface area contributed by atoms with E-state index < -0.39 is 6.04 Å². The van der Waals surface area contributed by atoms with Crippen LogP contribution in [0, 0.1) is 5.92 Å². The lowest BCUT2D eigenvalue weighted by Gasteiger charge is -2.46. The van der Waals surface area contributed by atoms with Gasteiger partial charge in [-0.1, -0.05) is 54.9 Å². The van der Waals surface area contributed by atoms with Gasteiger partial charge in [0.1, 0.15) is 18.5 Å². The second-order valence-corrected chi connectivity index (χ2v) is 9.04. The summed E-state index contributed by atoms with van der Waals surface area (Å²) >= 11 is 6.31. The van der Waals surface area contributed by atoms with Gasteiger partial charge in [0.25, 0.3) is 5.91 Å². The zero-order valence-corrected chi connectivity index (χ0v) is 18.4. The molecule has 4 atom stereocenters. The highest BCUT2D eigenvalue weighted by Gasteiger charge is 2.56. The summed E-state index contributed by atoms with van der Waals surface area (Å²) in [6.45, 7) is 4.03. The number of urea groups is 1. The van der Waals surface area contributed by atoms with E-state index in [0.29, 0.717) is 10.9 Å². The van der Waals surface area contributed by atoms with Gasteiger partial charge in [-0.05, 0) is 29.7 Å². The molecule has 0 saturated carbocycles. The van der Waals surface area contributed by atoms with Gasteiger partial charge in [-0.3, -0.25) is 19.9 Å². The minimum Gasteiger partial charge on any atom is -0.343 e. The summed E-state index contributed by atoms with van der Waals surface area (Å²) in [6.07, 6.45) is -0.517. The van der Waals surface area contributed by atoms with E-state index in [4.69, 9.17) is 11.6 Å². The van der Waals surface area contributed by atoms with Gasteiger partial charge in [0, 0.05) is 30.8 Å². The molecular weight excluding hydrogens is 414 g/mol. The summed E-state index contributed by atoms with van der Waals surface area (Å²) in [5.41, 5.74) is 1.86. The van der Waals surface area contributed by atoms with Crippen LogP contribution in [0.1, 0.15) is 12.5 Å². The molecular formula is C23H26ClN5O2. The minimum atomic E-state index is -0.441. The predicted molar refractivity (Wildman–Crippen MR) is 119 cm³/mol. The summed E-state index contributed by atoms with van der Waals surface area (Å²) in [6, 6.07) is 16.8. The molecule has 4 unspecified atom stereocenters. The number of fused-ring (bicyclic) bond motifs is 3. The molecule has 2 aromatic carbocycles. The van der Waals surface area contributed by atoms with E-state index in [9.17, 15) is 9.59 Å². The number of halogens is 1. The Morgan fingerprint density at radius 2 is 1.74 bits per heavy atom. The molecule has 3 aliphatic rings. The molecule has 0 radical (unpaired) electrons. The molecule has 8 heteroatoms. The maximum Gasteiger partial charge on any atom is 0.328 e. The van der Waals surface area contributed by atoms with Crippen LogP contribution >= 0.6 is 11.6 Å². The number of likely N-dealkylation sites (N-methyl/N-ethyl adjacent to an activating group) is 1. The third kappa shape index (κ3) is 3.37. The fraction of sp³-hybridized carbons (Fsp3) is 0.391. The molecule has 5 rings (SSSR count).